The highest BCUT2D eigenvalue weighted by molar-refractivity contribution is 7.10. The summed E-state index contributed by atoms with van der Waals surface area (Å²) in [5, 5.41) is 5.20. The molecule has 1 heterocycles. The Morgan fingerprint density at radius 3 is 2.69 bits per heavy atom. The normalized spacial score (nSPS) is 10.1. The van der Waals surface area contributed by atoms with Crippen molar-refractivity contribution in [2.75, 3.05) is 12.4 Å². The standard InChI is InChI=1S/C12H12FNOS/c1-15-11-6-7-16-12(11)8-14-10-4-2-9(13)3-5-10/h2-7,14H,8H2,1H3. The minimum Gasteiger partial charge on any atom is -0.496 e. The van der Waals surface area contributed by atoms with E-state index in [-0.39, 0.29) is 5.82 Å². The summed E-state index contributed by atoms with van der Waals surface area (Å²) in [6.07, 6.45) is 0. The van der Waals surface area contributed by atoms with Crippen molar-refractivity contribution >= 4 is 17.0 Å². The number of hydrogen-bond donors (Lipinski definition) is 1. The van der Waals surface area contributed by atoms with Gasteiger partial charge in [-0.15, -0.1) is 11.3 Å². The maximum Gasteiger partial charge on any atom is 0.134 e. The Morgan fingerprint density at radius 2 is 2.00 bits per heavy atom. The molecule has 0 amide bonds. The van der Waals surface area contributed by atoms with Gasteiger partial charge in [0.15, 0.2) is 0 Å². The topological polar surface area (TPSA) is 21.3 Å². The first kappa shape index (κ1) is 11.0. The van der Waals surface area contributed by atoms with Gasteiger partial charge in [-0.25, -0.2) is 4.39 Å². The third kappa shape index (κ3) is 2.52. The van der Waals surface area contributed by atoms with Crippen molar-refractivity contribution in [2.45, 2.75) is 6.54 Å². The molecule has 0 aliphatic rings. The number of nitrogens with one attached hydrogen (secondary N) is 1. The Kier molecular flexibility index (Phi) is 3.41. The van der Waals surface area contributed by atoms with Gasteiger partial charge in [0.25, 0.3) is 0 Å². The number of halogens is 1. The monoisotopic (exact) mass is 237 g/mol. The van der Waals surface area contributed by atoms with E-state index in [4.69, 9.17) is 4.74 Å². The van der Waals surface area contributed by atoms with Gasteiger partial charge in [-0.2, -0.15) is 0 Å². The van der Waals surface area contributed by atoms with Crippen LogP contribution in [-0.2, 0) is 6.54 Å². The van der Waals surface area contributed by atoms with Gasteiger partial charge >= 0.3 is 0 Å². The number of anilines is 1. The average Bonchev–Trinajstić information content (AvgIpc) is 2.76. The van der Waals surface area contributed by atoms with E-state index in [9.17, 15) is 4.39 Å². The van der Waals surface area contributed by atoms with Crippen LogP contribution in [0.3, 0.4) is 0 Å². The summed E-state index contributed by atoms with van der Waals surface area (Å²) in [5.41, 5.74) is 0.900. The first-order chi connectivity index (χ1) is 7.79. The highest BCUT2D eigenvalue weighted by Crippen LogP contribution is 2.25. The molecular formula is C12H12FNOS. The summed E-state index contributed by atoms with van der Waals surface area (Å²) in [7, 11) is 1.66. The van der Waals surface area contributed by atoms with Gasteiger partial charge in [-0.1, -0.05) is 0 Å². The van der Waals surface area contributed by atoms with Crippen molar-refractivity contribution in [2.24, 2.45) is 0 Å². The Balaban J connectivity index is 1.99. The molecule has 16 heavy (non-hydrogen) atoms. The molecule has 0 saturated heterocycles. The quantitative estimate of drug-likeness (QED) is 0.878. The van der Waals surface area contributed by atoms with Crippen molar-refractivity contribution < 1.29 is 9.13 Å². The molecule has 0 fully saturated rings. The molecule has 1 aromatic carbocycles. The van der Waals surface area contributed by atoms with Gasteiger partial charge in [0.05, 0.1) is 18.5 Å². The lowest BCUT2D eigenvalue weighted by Gasteiger charge is -2.06. The molecule has 1 N–H and O–H groups in total. The van der Waals surface area contributed by atoms with E-state index in [1.165, 1.54) is 12.1 Å². The van der Waals surface area contributed by atoms with Gasteiger partial charge in [-0.05, 0) is 35.7 Å². The van der Waals surface area contributed by atoms with Crippen LogP contribution in [0, 0.1) is 5.82 Å². The molecule has 0 unspecified atom stereocenters. The zero-order valence-corrected chi connectivity index (χ0v) is 9.68. The maximum atomic E-state index is 12.7. The van der Waals surface area contributed by atoms with Crippen LogP contribution >= 0.6 is 11.3 Å². The fourth-order valence-electron chi connectivity index (χ4n) is 1.39. The number of hydrogen-bond acceptors (Lipinski definition) is 3. The maximum absolute atomic E-state index is 12.7. The Labute approximate surface area is 97.7 Å². The van der Waals surface area contributed by atoms with Crippen molar-refractivity contribution in [3.05, 3.63) is 46.4 Å². The molecule has 0 radical (unpaired) electrons. The average molecular weight is 237 g/mol. The number of thiophene rings is 1. The van der Waals surface area contributed by atoms with E-state index in [0.29, 0.717) is 6.54 Å². The summed E-state index contributed by atoms with van der Waals surface area (Å²) in [4.78, 5) is 1.13. The molecule has 2 rings (SSSR count). The smallest absolute Gasteiger partial charge is 0.134 e. The molecule has 0 bridgehead atoms. The summed E-state index contributed by atoms with van der Waals surface area (Å²) in [6.45, 7) is 0.687. The molecule has 2 aromatic rings. The number of ether oxygens (including phenoxy) is 1. The second kappa shape index (κ2) is 4.99. The SMILES string of the molecule is COc1ccsc1CNc1ccc(F)cc1. The Morgan fingerprint density at radius 1 is 1.25 bits per heavy atom. The molecule has 0 saturated carbocycles. The largest absolute Gasteiger partial charge is 0.496 e. The van der Waals surface area contributed by atoms with Crippen molar-refractivity contribution in [1.82, 2.24) is 0 Å². The first-order valence-corrected chi connectivity index (χ1v) is 5.77. The first-order valence-electron chi connectivity index (χ1n) is 4.89. The van der Waals surface area contributed by atoms with Gasteiger partial charge in [0.2, 0.25) is 0 Å². The summed E-state index contributed by atoms with van der Waals surface area (Å²) in [5.74, 6) is 0.666. The third-order valence-corrected chi connectivity index (χ3v) is 3.12. The van der Waals surface area contributed by atoms with E-state index in [0.717, 1.165) is 16.3 Å². The lowest BCUT2D eigenvalue weighted by atomic mass is 10.3. The Hall–Kier alpha value is -1.55. The zero-order valence-electron chi connectivity index (χ0n) is 8.87. The van der Waals surface area contributed by atoms with Crippen molar-refractivity contribution in [3.63, 3.8) is 0 Å². The zero-order chi connectivity index (χ0) is 11.4. The number of methoxy groups -OCH3 is 1. The van der Waals surface area contributed by atoms with E-state index >= 15 is 0 Å². The predicted octanol–water partition coefficient (Wildman–Crippen LogP) is 3.51. The molecular weight excluding hydrogens is 225 g/mol. The molecule has 84 valence electrons. The van der Waals surface area contributed by atoms with Gasteiger partial charge < -0.3 is 10.1 Å². The Bertz CT molecular complexity index is 452. The van der Waals surface area contributed by atoms with Crippen molar-refractivity contribution in [1.29, 1.82) is 0 Å². The predicted molar refractivity (Wildman–Crippen MR) is 64.6 cm³/mol. The summed E-state index contributed by atoms with van der Waals surface area (Å²) in [6, 6.07) is 8.25. The van der Waals surface area contributed by atoms with Crippen LogP contribution < -0.4 is 10.1 Å². The fourth-order valence-corrected chi connectivity index (χ4v) is 2.17. The second-order valence-electron chi connectivity index (χ2n) is 3.27. The van der Waals surface area contributed by atoms with E-state index in [1.54, 1.807) is 30.6 Å². The molecule has 0 atom stereocenters. The fraction of sp³-hybridized carbons (Fsp3) is 0.167. The molecule has 2 nitrogen and oxygen atoms in total. The molecule has 0 spiro atoms. The van der Waals surface area contributed by atoms with E-state index in [2.05, 4.69) is 5.32 Å². The van der Waals surface area contributed by atoms with Gasteiger partial charge in [0, 0.05) is 5.69 Å². The highest BCUT2D eigenvalue weighted by Gasteiger charge is 2.03. The molecule has 0 aliphatic heterocycles. The van der Waals surface area contributed by atoms with Crippen LogP contribution in [0.25, 0.3) is 0 Å². The van der Waals surface area contributed by atoms with Gasteiger partial charge in [-0.3, -0.25) is 0 Å². The number of rotatable bonds is 4. The van der Waals surface area contributed by atoms with Crippen LogP contribution in [0.5, 0.6) is 5.75 Å². The molecule has 0 aliphatic carbocycles. The summed E-state index contributed by atoms with van der Waals surface area (Å²) >= 11 is 1.63. The van der Waals surface area contributed by atoms with Crippen LogP contribution in [0.2, 0.25) is 0 Å². The van der Waals surface area contributed by atoms with Crippen LogP contribution in [-0.4, -0.2) is 7.11 Å². The minimum absolute atomic E-state index is 0.223. The second-order valence-corrected chi connectivity index (χ2v) is 4.27. The summed E-state index contributed by atoms with van der Waals surface area (Å²) < 4.78 is 17.9. The van der Waals surface area contributed by atoms with E-state index < -0.39 is 0 Å². The van der Waals surface area contributed by atoms with E-state index in [1.807, 2.05) is 11.4 Å². The third-order valence-electron chi connectivity index (χ3n) is 2.22. The lowest BCUT2D eigenvalue weighted by molar-refractivity contribution is 0.413. The highest BCUT2D eigenvalue weighted by atomic mass is 32.1. The van der Waals surface area contributed by atoms with Crippen molar-refractivity contribution in [3.8, 4) is 5.75 Å². The molecule has 1 aromatic heterocycles. The molecule has 4 heteroatoms. The number of benzene rings is 1. The van der Waals surface area contributed by atoms with Crippen LogP contribution in [0.4, 0.5) is 10.1 Å². The minimum atomic E-state index is -0.223. The van der Waals surface area contributed by atoms with Crippen LogP contribution in [0.15, 0.2) is 35.7 Å². The van der Waals surface area contributed by atoms with Gasteiger partial charge in [0.1, 0.15) is 11.6 Å². The lowest BCUT2D eigenvalue weighted by Crippen LogP contribution is -1.98. The van der Waals surface area contributed by atoms with Crippen LogP contribution in [0.1, 0.15) is 4.88 Å².